The van der Waals surface area contributed by atoms with E-state index in [0.717, 1.165) is 23.3 Å². The van der Waals surface area contributed by atoms with Crippen LogP contribution in [0, 0.1) is 6.92 Å². The van der Waals surface area contributed by atoms with E-state index in [1.165, 1.54) is 0 Å². The molecule has 1 N–H and O–H groups in total. The molecule has 5 heteroatoms. The van der Waals surface area contributed by atoms with Crippen LogP contribution in [0.5, 0.6) is 0 Å². The second-order valence-electron chi connectivity index (χ2n) is 3.79. The first kappa shape index (κ1) is 13.0. The molecule has 92 valence electrons. The van der Waals surface area contributed by atoms with Gasteiger partial charge in [-0.15, -0.1) is 0 Å². The third-order valence-corrected chi connectivity index (χ3v) is 3.75. The van der Waals surface area contributed by atoms with Crippen molar-refractivity contribution in [2.75, 3.05) is 6.54 Å². The maximum Gasteiger partial charge on any atom is 0.154 e. The molecule has 0 radical (unpaired) electrons. The van der Waals surface area contributed by atoms with Crippen molar-refractivity contribution in [1.29, 1.82) is 0 Å². The summed E-state index contributed by atoms with van der Waals surface area (Å²) in [6.45, 7) is 5.52. The van der Waals surface area contributed by atoms with Gasteiger partial charge in [0.2, 0.25) is 0 Å². The highest BCUT2D eigenvalue weighted by molar-refractivity contribution is 6.47. The summed E-state index contributed by atoms with van der Waals surface area (Å²) in [6.07, 6.45) is 0. The van der Waals surface area contributed by atoms with Crippen LogP contribution in [0.15, 0.2) is 10.5 Å². The van der Waals surface area contributed by atoms with Crippen LogP contribution in [0.4, 0.5) is 0 Å². The van der Waals surface area contributed by atoms with Crippen LogP contribution < -0.4 is 5.32 Å². The number of benzene rings is 1. The number of hydrogen-bond donors (Lipinski definition) is 1. The number of nitrogens with one attached hydrogen (secondary N) is 1. The van der Waals surface area contributed by atoms with E-state index < -0.39 is 0 Å². The van der Waals surface area contributed by atoms with Gasteiger partial charge < -0.3 is 9.73 Å². The summed E-state index contributed by atoms with van der Waals surface area (Å²) in [4.78, 5) is 0. The third-order valence-electron chi connectivity index (χ3n) is 2.68. The fourth-order valence-electron chi connectivity index (χ4n) is 1.76. The maximum atomic E-state index is 6.18. The predicted octanol–water partition coefficient (Wildman–Crippen LogP) is 4.81. The number of halogens is 3. The second-order valence-corrected chi connectivity index (χ2v) is 4.98. The number of hydrogen-bond acceptors (Lipinski definition) is 2. The van der Waals surface area contributed by atoms with Gasteiger partial charge in [0, 0.05) is 10.9 Å². The molecule has 0 amide bonds. The Morgan fingerprint density at radius 2 is 1.94 bits per heavy atom. The summed E-state index contributed by atoms with van der Waals surface area (Å²) in [5.41, 5.74) is 1.59. The maximum absolute atomic E-state index is 6.18. The average molecular weight is 293 g/mol. The van der Waals surface area contributed by atoms with Crippen molar-refractivity contribution in [3.05, 3.63) is 32.5 Å². The molecule has 1 aromatic carbocycles. The molecule has 0 aliphatic rings. The summed E-state index contributed by atoms with van der Waals surface area (Å²) in [7, 11) is 0. The first-order valence-corrected chi connectivity index (χ1v) is 6.45. The number of aryl methyl sites for hydroxylation is 1. The normalized spacial score (nSPS) is 11.4. The molecule has 2 aromatic rings. The monoisotopic (exact) mass is 291 g/mol. The molecule has 0 fully saturated rings. The Balaban J connectivity index is 2.65. The Morgan fingerprint density at radius 3 is 2.59 bits per heavy atom. The lowest BCUT2D eigenvalue weighted by Gasteiger charge is -1.99. The van der Waals surface area contributed by atoms with Crippen molar-refractivity contribution in [3.63, 3.8) is 0 Å². The van der Waals surface area contributed by atoms with Crippen molar-refractivity contribution in [1.82, 2.24) is 5.32 Å². The summed E-state index contributed by atoms with van der Waals surface area (Å²) in [6, 6.07) is 1.60. The molecule has 0 unspecified atom stereocenters. The molecule has 17 heavy (non-hydrogen) atoms. The van der Waals surface area contributed by atoms with Crippen LogP contribution in [0.3, 0.4) is 0 Å². The molecule has 0 spiro atoms. The molecule has 2 rings (SSSR count). The highest BCUT2D eigenvalue weighted by Gasteiger charge is 2.18. The van der Waals surface area contributed by atoms with E-state index in [4.69, 9.17) is 39.2 Å². The topological polar surface area (TPSA) is 25.2 Å². The average Bonchev–Trinajstić information content (AvgIpc) is 2.62. The molecule has 1 aromatic heterocycles. The van der Waals surface area contributed by atoms with Crippen LogP contribution >= 0.6 is 34.8 Å². The second kappa shape index (κ2) is 5.07. The number of rotatable bonds is 3. The zero-order chi connectivity index (χ0) is 12.6. The molecule has 0 atom stereocenters. The van der Waals surface area contributed by atoms with E-state index in [2.05, 4.69) is 5.32 Å². The van der Waals surface area contributed by atoms with Crippen LogP contribution in [0.2, 0.25) is 15.1 Å². The Kier molecular flexibility index (Phi) is 3.88. The minimum Gasteiger partial charge on any atom is -0.458 e. The van der Waals surface area contributed by atoms with Crippen LogP contribution in [0.1, 0.15) is 18.2 Å². The van der Waals surface area contributed by atoms with E-state index in [0.29, 0.717) is 27.2 Å². The lowest BCUT2D eigenvalue weighted by molar-refractivity contribution is 0.516. The Bertz CT molecular complexity index is 563. The molecule has 0 aliphatic carbocycles. The zero-order valence-corrected chi connectivity index (χ0v) is 11.8. The van der Waals surface area contributed by atoms with Gasteiger partial charge in [-0.05, 0) is 19.5 Å². The van der Waals surface area contributed by atoms with Crippen LogP contribution in [0.25, 0.3) is 11.0 Å². The van der Waals surface area contributed by atoms with Crippen molar-refractivity contribution in [3.8, 4) is 0 Å². The van der Waals surface area contributed by atoms with Crippen molar-refractivity contribution >= 4 is 45.8 Å². The van der Waals surface area contributed by atoms with E-state index in [1.807, 2.05) is 13.8 Å². The smallest absolute Gasteiger partial charge is 0.154 e. The summed E-state index contributed by atoms with van der Waals surface area (Å²) >= 11 is 18.3. The SMILES string of the molecule is CCNCc1oc2c(Cl)cc(Cl)c(Cl)c2c1C. The summed E-state index contributed by atoms with van der Waals surface area (Å²) in [5, 5.41) is 5.44. The van der Waals surface area contributed by atoms with Gasteiger partial charge >= 0.3 is 0 Å². The quantitative estimate of drug-likeness (QED) is 0.821. The molecular weight excluding hydrogens is 280 g/mol. The van der Waals surface area contributed by atoms with Gasteiger partial charge in [-0.2, -0.15) is 0 Å². The Morgan fingerprint density at radius 1 is 1.24 bits per heavy atom. The first-order chi connectivity index (χ1) is 8.06. The predicted molar refractivity (Wildman–Crippen MR) is 73.4 cm³/mol. The van der Waals surface area contributed by atoms with Gasteiger partial charge in [0.05, 0.1) is 21.6 Å². The molecular formula is C12H12Cl3NO. The van der Waals surface area contributed by atoms with Gasteiger partial charge in [-0.1, -0.05) is 41.7 Å². The standard InChI is InChI=1S/C12H12Cl3NO/c1-3-16-5-9-6(2)10-11(15)7(13)4-8(14)12(10)17-9/h4,16H,3,5H2,1-2H3. The minimum atomic E-state index is 0.447. The minimum absolute atomic E-state index is 0.447. The van der Waals surface area contributed by atoms with Crippen molar-refractivity contribution in [2.24, 2.45) is 0 Å². The van der Waals surface area contributed by atoms with Gasteiger partial charge in [0.1, 0.15) is 5.76 Å². The van der Waals surface area contributed by atoms with Gasteiger partial charge in [-0.25, -0.2) is 0 Å². The first-order valence-electron chi connectivity index (χ1n) is 5.32. The lowest BCUT2D eigenvalue weighted by atomic mass is 10.1. The van der Waals surface area contributed by atoms with Gasteiger partial charge in [-0.3, -0.25) is 0 Å². The molecule has 2 nitrogen and oxygen atoms in total. The molecule has 0 saturated heterocycles. The van der Waals surface area contributed by atoms with E-state index in [9.17, 15) is 0 Å². The molecule has 0 saturated carbocycles. The summed E-state index contributed by atoms with van der Waals surface area (Å²) in [5.74, 6) is 0.841. The van der Waals surface area contributed by atoms with Crippen molar-refractivity contribution in [2.45, 2.75) is 20.4 Å². The van der Waals surface area contributed by atoms with Crippen LogP contribution in [-0.2, 0) is 6.54 Å². The summed E-state index contributed by atoms with van der Waals surface area (Å²) < 4.78 is 5.73. The zero-order valence-electron chi connectivity index (χ0n) is 9.53. The van der Waals surface area contributed by atoms with Gasteiger partial charge in [0.15, 0.2) is 5.58 Å². The Labute approximate surface area is 115 Å². The fraction of sp³-hybridized carbons (Fsp3) is 0.333. The highest BCUT2D eigenvalue weighted by atomic mass is 35.5. The fourth-order valence-corrected chi connectivity index (χ4v) is 2.54. The highest BCUT2D eigenvalue weighted by Crippen LogP contribution is 2.40. The Hall–Kier alpha value is -0.410. The van der Waals surface area contributed by atoms with E-state index >= 15 is 0 Å². The molecule has 0 aliphatic heterocycles. The lowest BCUT2D eigenvalue weighted by Crippen LogP contribution is -2.11. The largest absolute Gasteiger partial charge is 0.458 e. The van der Waals surface area contributed by atoms with Crippen LogP contribution in [-0.4, -0.2) is 6.54 Å². The van der Waals surface area contributed by atoms with E-state index in [1.54, 1.807) is 6.07 Å². The molecule has 0 bridgehead atoms. The van der Waals surface area contributed by atoms with Crippen molar-refractivity contribution < 1.29 is 4.42 Å². The molecule has 1 heterocycles. The number of furan rings is 1. The van der Waals surface area contributed by atoms with E-state index in [-0.39, 0.29) is 0 Å². The van der Waals surface area contributed by atoms with Gasteiger partial charge in [0.25, 0.3) is 0 Å². The third kappa shape index (κ3) is 2.27. The number of fused-ring (bicyclic) bond motifs is 1.